The fraction of sp³-hybridized carbons (Fsp3) is 0.222. The quantitative estimate of drug-likeness (QED) is 0.680. The minimum atomic E-state index is -0.779. The van der Waals surface area contributed by atoms with Crippen molar-refractivity contribution in [3.63, 3.8) is 0 Å². The number of hydrogen-bond acceptors (Lipinski definition) is 5. The van der Waals surface area contributed by atoms with E-state index in [0.29, 0.717) is 5.69 Å². The molecular formula is C18H21N3O3. The number of hydrogen-bond donors (Lipinski definition) is 3. The molecule has 1 atom stereocenters. The zero-order valence-electron chi connectivity index (χ0n) is 13.5. The number of para-hydroxylation sites is 1. The number of rotatable bonds is 7. The summed E-state index contributed by atoms with van der Waals surface area (Å²) in [5.74, 6) is -0.711. The summed E-state index contributed by atoms with van der Waals surface area (Å²) in [7, 11) is 1.27. The molecule has 0 saturated carbocycles. The van der Waals surface area contributed by atoms with E-state index in [-0.39, 0.29) is 18.7 Å². The first-order valence-corrected chi connectivity index (χ1v) is 7.64. The number of carbonyl (C=O) groups is 2. The van der Waals surface area contributed by atoms with Crippen LogP contribution < -0.4 is 16.4 Å². The van der Waals surface area contributed by atoms with Gasteiger partial charge in [0.05, 0.1) is 7.11 Å². The van der Waals surface area contributed by atoms with Crippen LogP contribution in [0.2, 0.25) is 0 Å². The number of carbonyl (C=O) groups excluding carboxylic acids is 2. The van der Waals surface area contributed by atoms with Gasteiger partial charge in [-0.05, 0) is 42.8 Å². The summed E-state index contributed by atoms with van der Waals surface area (Å²) in [6, 6.07) is 16.4. The number of amides is 1. The van der Waals surface area contributed by atoms with Crippen LogP contribution >= 0.6 is 0 Å². The average molecular weight is 327 g/mol. The summed E-state index contributed by atoms with van der Waals surface area (Å²) in [4.78, 5) is 23.1. The number of anilines is 3. The lowest BCUT2D eigenvalue weighted by atomic mass is 10.1. The highest BCUT2D eigenvalue weighted by Gasteiger charge is 2.15. The maximum Gasteiger partial charge on any atom is 0.322 e. The first-order chi connectivity index (χ1) is 11.6. The van der Waals surface area contributed by atoms with Crippen LogP contribution in [0.3, 0.4) is 0 Å². The smallest absolute Gasteiger partial charge is 0.322 e. The van der Waals surface area contributed by atoms with Crippen molar-refractivity contribution in [2.45, 2.75) is 18.9 Å². The van der Waals surface area contributed by atoms with E-state index >= 15 is 0 Å². The van der Waals surface area contributed by atoms with E-state index in [1.54, 1.807) is 0 Å². The van der Waals surface area contributed by atoms with Crippen LogP contribution in [0.1, 0.15) is 12.8 Å². The van der Waals surface area contributed by atoms with Crippen LogP contribution in [0.4, 0.5) is 17.1 Å². The summed E-state index contributed by atoms with van der Waals surface area (Å²) in [6.07, 6.45) is 0.395. The molecule has 4 N–H and O–H groups in total. The monoisotopic (exact) mass is 327 g/mol. The molecule has 0 aliphatic heterocycles. The van der Waals surface area contributed by atoms with Gasteiger partial charge in [-0.15, -0.1) is 0 Å². The van der Waals surface area contributed by atoms with Crippen molar-refractivity contribution in [1.29, 1.82) is 0 Å². The molecule has 6 nitrogen and oxygen atoms in total. The SMILES string of the molecule is COC(=O)[C@@H](N)CCC(=O)Nc1ccc(Nc2ccccc2)cc1. The molecule has 0 aromatic heterocycles. The molecule has 6 heteroatoms. The Balaban J connectivity index is 1.83. The van der Waals surface area contributed by atoms with Crippen molar-refractivity contribution in [2.75, 3.05) is 17.7 Å². The molecule has 2 rings (SSSR count). The summed E-state index contributed by atoms with van der Waals surface area (Å²) >= 11 is 0. The molecule has 0 aliphatic carbocycles. The average Bonchev–Trinajstić information content (AvgIpc) is 2.61. The van der Waals surface area contributed by atoms with Gasteiger partial charge in [0.25, 0.3) is 0 Å². The van der Waals surface area contributed by atoms with E-state index in [4.69, 9.17) is 5.73 Å². The fourth-order valence-electron chi connectivity index (χ4n) is 2.10. The standard InChI is InChI=1S/C18H21N3O3/c1-24-18(23)16(19)11-12-17(22)21-15-9-7-14(8-10-15)20-13-5-3-2-4-6-13/h2-10,16,20H,11-12,19H2,1H3,(H,21,22)/t16-/m0/s1. The molecule has 1 amide bonds. The van der Waals surface area contributed by atoms with Gasteiger partial charge in [0.15, 0.2) is 0 Å². The molecule has 0 bridgehead atoms. The Kier molecular flexibility index (Phi) is 6.33. The predicted molar refractivity (Wildman–Crippen MR) is 94.0 cm³/mol. The zero-order valence-corrected chi connectivity index (χ0v) is 13.5. The van der Waals surface area contributed by atoms with Crippen molar-refractivity contribution < 1.29 is 14.3 Å². The van der Waals surface area contributed by atoms with E-state index < -0.39 is 12.0 Å². The molecule has 0 saturated heterocycles. The topological polar surface area (TPSA) is 93.5 Å². The summed E-state index contributed by atoms with van der Waals surface area (Å²) in [5, 5.41) is 6.03. The molecule has 0 spiro atoms. The second kappa shape index (κ2) is 8.69. The number of benzene rings is 2. The molecule has 2 aromatic rings. The lowest BCUT2D eigenvalue weighted by molar-refractivity contribution is -0.142. The Morgan fingerprint density at radius 2 is 1.58 bits per heavy atom. The van der Waals surface area contributed by atoms with Crippen molar-refractivity contribution in [3.05, 3.63) is 54.6 Å². The first-order valence-electron chi connectivity index (χ1n) is 7.64. The fourth-order valence-corrected chi connectivity index (χ4v) is 2.10. The lowest BCUT2D eigenvalue weighted by Crippen LogP contribution is -2.32. The highest BCUT2D eigenvalue weighted by atomic mass is 16.5. The van der Waals surface area contributed by atoms with Gasteiger partial charge in [-0.2, -0.15) is 0 Å². The summed E-state index contributed by atoms with van der Waals surface area (Å²) in [5.41, 5.74) is 8.20. The van der Waals surface area contributed by atoms with Gasteiger partial charge in [0.1, 0.15) is 6.04 Å². The van der Waals surface area contributed by atoms with Gasteiger partial charge in [-0.3, -0.25) is 9.59 Å². The normalized spacial score (nSPS) is 11.4. The highest BCUT2D eigenvalue weighted by Crippen LogP contribution is 2.18. The van der Waals surface area contributed by atoms with Crippen LogP contribution in [0, 0.1) is 0 Å². The zero-order chi connectivity index (χ0) is 17.4. The summed E-state index contributed by atoms with van der Waals surface area (Å²) in [6.45, 7) is 0. The van der Waals surface area contributed by atoms with Gasteiger partial charge in [0.2, 0.25) is 5.91 Å². The largest absolute Gasteiger partial charge is 0.468 e. The van der Waals surface area contributed by atoms with Crippen molar-refractivity contribution in [3.8, 4) is 0 Å². The highest BCUT2D eigenvalue weighted by molar-refractivity contribution is 5.91. The van der Waals surface area contributed by atoms with Gasteiger partial charge in [-0.1, -0.05) is 18.2 Å². The van der Waals surface area contributed by atoms with E-state index in [0.717, 1.165) is 11.4 Å². The molecule has 0 heterocycles. The minimum Gasteiger partial charge on any atom is -0.468 e. The number of ether oxygens (including phenoxy) is 1. The molecule has 0 unspecified atom stereocenters. The van der Waals surface area contributed by atoms with E-state index in [1.807, 2.05) is 54.6 Å². The second-order valence-electron chi connectivity index (χ2n) is 5.28. The van der Waals surface area contributed by atoms with Crippen LogP contribution in [0.25, 0.3) is 0 Å². The minimum absolute atomic E-state index is 0.153. The van der Waals surface area contributed by atoms with Crippen molar-refractivity contribution >= 4 is 28.9 Å². The van der Waals surface area contributed by atoms with Gasteiger partial charge in [-0.25, -0.2) is 0 Å². The maximum atomic E-state index is 11.9. The number of esters is 1. The van der Waals surface area contributed by atoms with E-state index in [9.17, 15) is 9.59 Å². The molecule has 2 aromatic carbocycles. The Hall–Kier alpha value is -2.86. The molecule has 0 aliphatic rings. The van der Waals surface area contributed by atoms with Crippen LogP contribution in [0.15, 0.2) is 54.6 Å². The van der Waals surface area contributed by atoms with Crippen LogP contribution in [0.5, 0.6) is 0 Å². The molecule has 24 heavy (non-hydrogen) atoms. The molecule has 0 radical (unpaired) electrons. The van der Waals surface area contributed by atoms with Crippen molar-refractivity contribution in [1.82, 2.24) is 0 Å². The number of nitrogens with one attached hydrogen (secondary N) is 2. The third-order valence-corrected chi connectivity index (χ3v) is 3.42. The Bertz CT molecular complexity index is 672. The molecule has 126 valence electrons. The van der Waals surface area contributed by atoms with Gasteiger partial charge in [0, 0.05) is 23.5 Å². The van der Waals surface area contributed by atoms with Gasteiger partial charge < -0.3 is 21.1 Å². The van der Waals surface area contributed by atoms with E-state index in [1.165, 1.54) is 7.11 Å². The van der Waals surface area contributed by atoms with Crippen molar-refractivity contribution in [2.24, 2.45) is 5.73 Å². The van der Waals surface area contributed by atoms with E-state index in [2.05, 4.69) is 15.4 Å². The second-order valence-corrected chi connectivity index (χ2v) is 5.28. The third-order valence-electron chi connectivity index (χ3n) is 3.42. The Morgan fingerprint density at radius 1 is 1.00 bits per heavy atom. The predicted octanol–water partition coefficient (Wildman–Crippen LogP) is 2.65. The van der Waals surface area contributed by atoms with Crippen LogP contribution in [-0.4, -0.2) is 25.0 Å². The first kappa shape index (κ1) is 17.5. The van der Waals surface area contributed by atoms with Crippen LogP contribution in [-0.2, 0) is 14.3 Å². The number of methoxy groups -OCH3 is 1. The summed E-state index contributed by atoms with van der Waals surface area (Å²) < 4.78 is 4.52. The molecular weight excluding hydrogens is 306 g/mol. The maximum absolute atomic E-state index is 11.9. The Morgan fingerprint density at radius 3 is 2.21 bits per heavy atom. The Labute approximate surface area is 141 Å². The third kappa shape index (κ3) is 5.40. The number of nitrogens with two attached hydrogens (primary N) is 1. The van der Waals surface area contributed by atoms with Gasteiger partial charge >= 0.3 is 5.97 Å². The molecule has 0 fully saturated rings. The lowest BCUT2D eigenvalue weighted by Gasteiger charge is -2.10.